The van der Waals surface area contributed by atoms with Crippen LogP contribution in [-0.4, -0.2) is 13.7 Å². The maximum atomic E-state index is 5.09. The van der Waals surface area contributed by atoms with Crippen LogP contribution < -0.4 is 11.1 Å². The summed E-state index contributed by atoms with van der Waals surface area (Å²) in [5, 5.41) is 2.89. The number of rotatable bonds is 5. The Bertz CT molecular complexity index is 121. The fraction of sp³-hybridized carbons (Fsp3) is 0.429. The summed E-state index contributed by atoms with van der Waals surface area (Å²) in [6.07, 6.45) is 3.87. The standard InChI is InChI=1S/C7H14N2O/c1-7(3-6-10-2)9-5-4-8/h4-5,9H,1,3,6,8H2,2H3/b5-4-. The summed E-state index contributed by atoms with van der Waals surface area (Å²) in [6.45, 7) is 4.42. The van der Waals surface area contributed by atoms with Gasteiger partial charge >= 0.3 is 0 Å². The van der Waals surface area contributed by atoms with E-state index < -0.39 is 0 Å². The molecule has 0 rings (SSSR count). The molecule has 0 saturated carbocycles. The van der Waals surface area contributed by atoms with Gasteiger partial charge in [0.2, 0.25) is 0 Å². The number of ether oxygens (including phenoxy) is 1. The first kappa shape index (κ1) is 9.04. The van der Waals surface area contributed by atoms with Gasteiger partial charge in [0.1, 0.15) is 0 Å². The van der Waals surface area contributed by atoms with E-state index in [2.05, 4.69) is 11.9 Å². The van der Waals surface area contributed by atoms with Crippen molar-refractivity contribution in [3.05, 3.63) is 24.7 Å². The largest absolute Gasteiger partial charge is 0.403 e. The lowest BCUT2D eigenvalue weighted by Gasteiger charge is -2.02. The van der Waals surface area contributed by atoms with Gasteiger partial charge in [-0.25, -0.2) is 0 Å². The minimum atomic E-state index is 0.685. The van der Waals surface area contributed by atoms with E-state index in [0.717, 1.165) is 12.1 Å². The van der Waals surface area contributed by atoms with E-state index in [4.69, 9.17) is 10.5 Å². The van der Waals surface area contributed by atoms with Crippen LogP contribution >= 0.6 is 0 Å². The third-order valence-corrected chi connectivity index (χ3v) is 0.992. The van der Waals surface area contributed by atoms with Crippen molar-refractivity contribution in [2.45, 2.75) is 6.42 Å². The van der Waals surface area contributed by atoms with Crippen LogP contribution in [0.4, 0.5) is 0 Å². The fourth-order valence-electron chi connectivity index (χ4n) is 0.463. The Hall–Kier alpha value is -0.960. The summed E-state index contributed by atoms with van der Waals surface area (Å²) in [5.74, 6) is 0. The first-order valence-electron chi connectivity index (χ1n) is 3.11. The summed E-state index contributed by atoms with van der Waals surface area (Å²) in [5.41, 5.74) is 6.00. The first-order chi connectivity index (χ1) is 4.81. The van der Waals surface area contributed by atoms with Crippen LogP contribution in [0.15, 0.2) is 24.7 Å². The molecule has 0 saturated heterocycles. The topological polar surface area (TPSA) is 47.3 Å². The third kappa shape index (κ3) is 5.18. The van der Waals surface area contributed by atoms with Gasteiger partial charge in [0.25, 0.3) is 0 Å². The van der Waals surface area contributed by atoms with Gasteiger partial charge < -0.3 is 15.8 Å². The highest BCUT2D eigenvalue weighted by atomic mass is 16.5. The SMILES string of the molecule is C=C(CCOC)N/C=C\N. The first-order valence-corrected chi connectivity index (χ1v) is 3.11. The van der Waals surface area contributed by atoms with Gasteiger partial charge in [-0.1, -0.05) is 6.58 Å². The average molecular weight is 142 g/mol. The smallest absolute Gasteiger partial charge is 0.0516 e. The number of methoxy groups -OCH3 is 1. The zero-order valence-electron chi connectivity index (χ0n) is 6.26. The molecule has 3 N–H and O–H groups in total. The van der Waals surface area contributed by atoms with Crippen molar-refractivity contribution in [3.63, 3.8) is 0 Å². The molecule has 0 radical (unpaired) electrons. The van der Waals surface area contributed by atoms with Crippen molar-refractivity contribution in [1.82, 2.24) is 5.32 Å². The van der Waals surface area contributed by atoms with Crippen molar-refractivity contribution in [3.8, 4) is 0 Å². The van der Waals surface area contributed by atoms with E-state index in [1.54, 1.807) is 13.3 Å². The Morgan fingerprint density at radius 2 is 2.50 bits per heavy atom. The predicted octanol–water partition coefficient (Wildman–Crippen LogP) is 0.556. The second-order valence-corrected chi connectivity index (χ2v) is 1.85. The minimum Gasteiger partial charge on any atom is -0.403 e. The molecule has 0 aliphatic rings. The molecule has 0 amide bonds. The van der Waals surface area contributed by atoms with E-state index in [0.29, 0.717) is 6.61 Å². The number of nitrogens with one attached hydrogen (secondary N) is 1. The highest BCUT2D eigenvalue weighted by molar-refractivity contribution is 4.96. The molecule has 0 aromatic heterocycles. The summed E-state index contributed by atoms with van der Waals surface area (Å²) in [7, 11) is 1.66. The maximum Gasteiger partial charge on any atom is 0.0516 e. The predicted molar refractivity (Wildman–Crippen MR) is 42.1 cm³/mol. The van der Waals surface area contributed by atoms with Crippen LogP contribution in [0.25, 0.3) is 0 Å². The molecule has 0 fully saturated rings. The Morgan fingerprint density at radius 3 is 3.00 bits per heavy atom. The fourth-order valence-corrected chi connectivity index (χ4v) is 0.463. The zero-order valence-corrected chi connectivity index (χ0v) is 6.26. The molecule has 0 unspecified atom stereocenters. The molecule has 0 aromatic rings. The molecule has 0 heterocycles. The monoisotopic (exact) mass is 142 g/mol. The number of nitrogens with two attached hydrogens (primary N) is 1. The van der Waals surface area contributed by atoms with E-state index >= 15 is 0 Å². The van der Waals surface area contributed by atoms with Crippen molar-refractivity contribution >= 4 is 0 Å². The molecule has 0 aliphatic heterocycles. The molecular formula is C7H14N2O. The molecule has 0 aromatic carbocycles. The van der Waals surface area contributed by atoms with Gasteiger partial charge in [-0.15, -0.1) is 0 Å². The minimum absolute atomic E-state index is 0.685. The van der Waals surface area contributed by atoms with Crippen LogP contribution in [0, 0.1) is 0 Å². The molecule has 0 atom stereocenters. The second-order valence-electron chi connectivity index (χ2n) is 1.85. The van der Waals surface area contributed by atoms with Gasteiger partial charge in [0.05, 0.1) is 6.61 Å². The summed E-state index contributed by atoms with van der Waals surface area (Å²) >= 11 is 0. The lowest BCUT2D eigenvalue weighted by Crippen LogP contribution is -2.06. The van der Waals surface area contributed by atoms with Gasteiger partial charge in [-0.05, 0) is 0 Å². The second kappa shape index (κ2) is 6.16. The van der Waals surface area contributed by atoms with Gasteiger partial charge in [-0.3, -0.25) is 0 Å². The molecule has 3 heteroatoms. The summed E-state index contributed by atoms with van der Waals surface area (Å²) < 4.78 is 4.84. The quantitative estimate of drug-likeness (QED) is 0.589. The number of hydrogen-bond donors (Lipinski definition) is 2. The third-order valence-electron chi connectivity index (χ3n) is 0.992. The van der Waals surface area contributed by atoms with E-state index in [-0.39, 0.29) is 0 Å². The van der Waals surface area contributed by atoms with Gasteiger partial charge in [-0.2, -0.15) is 0 Å². The van der Waals surface area contributed by atoms with Crippen LogP contribution in [-0.2, 0) is 4.74 Å². The molecule has 0 bridgehead atoms. The normalized spacial score (nSPS) is 10.1. The zero-order chi connectivity index (χ0) is 7.82. The summed E-state index contributed by atoms with van der Waals surface area (Å²) in [6, 6.07) is 0. The lowest BCUT2D eigenvalue weighted by molar-refractivity contribution is 0.201. The van der Waals surface area contributed by atoms with E-state index in [1.165, 1.54) is 6.20 Å². The van der Waals surface area contributed by atoms with E-state index in [1.807, 2.05) is 0 Å². The van der Waals surface area contributed by atoms with E-state index in [9.17, 15) is 0 Å². The molecule has 3 nitrogen and oxygen atoms in total. The van der Waals surface area contributed by atoms with Crippen LogP contribution in [0.2, 0.25) is 0 Å². The highest BCUT2D eigenvalue weighted by Gasteiger charge is 1.87. The molecule has 58 valence electrons. The Labute approximate surface area is 61.6 Å². The Morgan fingerprint density at radius 1 is 1.80 bits per heavy atom. The van der Waals surface area contributed by atoms with Crippen molar-refractivity contribution in [2.75, 3.05) is 13.7 Å². The average Bonchev–Trinajstić information content (AvgIpc) is 1.97. The van der Waals surface area contributed by atoms with Crippen LogP contribution in [0.1, 0.15) is 6.42 Å². The number of hydrogen-bond acceptors (Lipinski definition) is 3. The molecule has 0 aliphatic carbocycles. The van der Waals surface area contributed by atoms with Crippen molar-refractivity contribution < 1.29 is 4.74 Å². The van der Waals surface area contributed by atoms with Gasteiger partial charge in [0.15, 0.2) is 0 Å². The molecule has 10 heavy (non-hydrogen) atoms. The summed E-state index contributed by atoms with van der Waals surface area (Å²) in [4.78, 5) is 0. The van der Waals surface area contributed by atoms with Crippen molar-refractivity contribution in [2.24, 2.45) is 5.73 Å². The van der Waals surface area contributed by atoms with Crippen molar-refractivity contribution in [1.29, 1.82) is 0 Å². The molecule has 0 spiro atoms. The highest BCUT2D eigenvalue weighted by Crippen LogP contribution is 1.91. The van der Waals surface area contributed by atoms with Gasteiger partial charge in [0, 0.05) is 31.6 Å². The lowest BCUT2D eigenvalue weighted by atomic mass is 10.3. The van der Waals surface area contributed by atoms with Crippen LogP contribution in [0.5, 0.6) is 0 Å². The Balaban J connectivity index is 3.25. The Kier molecular flexibility index (Phi) is 5.57. The maximum absolute atomic E-state index is 5.09. The van der Waals surface area contributed by atoms with Crippen LogP contribution in [0.3, 0.4) is 0 Å². The molecular weight excluding hydrogens is 128 g/mol.